The average Bonchev–Trinajstić information content (AvgIpc) is 3.59. The van der Waals surface area contributed by atoms with Gasteiger partial charge in [0.05, 0.1) is 46.4 Å². The number of hydrogen-bond acceptors (Lipinski definition) is 27. The number of phenols is 3. The summed E-state index contributed by atoms with van der Waals surface area (Å²) in [6.07, 6.45) is 0. The Hall–Kier alpha value is -7.52. The van der Waals surface area contributed by atoms with Crippen LogP contribution in [0, 0.1) is 0 Å². The molecule has 0 aliphatic heterocycles. The van der Waals surface area contributed by atoms with Crippen molar-refractivity contribution in [3.63, 3.8) is 0 Å². The minimum absolute atomic E-state index is 0. The molecule has 83 heavy (non-hydrogen) atoms. The second-order valence-electron chi connectivity index (χ2n) is 16.3. The molecule has 0 saturated carbocycles. The summed E-state index contributed by atoms with van der Waals surface area (Å²) < 4.78 is 200. The van der Waals surface area contributed by atoms with E-state index in [4.69, 9.17) is 0 Å². The number of fused-ring (bicyclic) bond motifs is 3. The van der Waals surface area contributed by atoms with Crippen molar-refractivity contribution in [1.29, 1.82) is 0 Å². The number of benzene rings is 9. The van der Waals surface area contributed by atoms with E-state index in [2.05, 4.69) is 30.7 Å². The molecular weight excluding hydrogens is 1240 g/mol. The fourth-order valence-corrected chi connectivity index (χ4v) is 10.1. The molecule has 0 atom stereocenters. The first-order chi connectivity index (χ1) is 37.7. The van der Waals surface area contributed by atoms with Gasteiger partial charge in [-0.3, -0.25) is 0 Å². The van der Waals surface area contributed by atoms with Gasteiger partial charge in [-0.05, 0) is 125 Å². The van der Waals surface area contributed by atoms with Gasteiger partial charge in [0.1, 0.15) is 95.0 Å². The summed E-state index contributed by atoms with van der Waals surface area (Å²) in [5, 5.41) is 55.1. The van der Waals surface area contributed by atoms with Gasteiger partial charge in [-0.15, -0.1) is 15.3 Å². The summed E-state index contributed by atoms with van der Waals surface area (Å²) in [5.41, 5.74) is 0.124. The fourth-order valence-electron chi connectivity index (χ4n) is 7.05. The summed E-state index contributed by atoms with van der Waals surface area (Å²) >= 11 is 0. The van der Waals surface area contributed by atoms with Crippen LogP contribution in [0.4, 0.5) is 34.1 Å². The van der Waals surface area contributed by atoms with Crippen LogP contribution in [0.2, 0.25) is 0 Å². The van der Waals surface area contributed by atoms with E-state index in [-0.39, 0.29) is 86.1 Å². The molecule has 27 nitrogen and oxygen atoms in total. The first-order valence-electron chi connectivity index (χ1n) is 21.7. The largest absolute Gasteiger partial charge is 3.00 e. The maximum absolute atomic E-state index is 11.1. The summed E-state index contributed by atoms with van der Waals surface area (Å²) in [6.45, 7) is 0. The van der Waals surface area contributed by atoms with Crippen molar-refractivity contribution in [3.8, 4) is 17.2 Å². The molecule has 0 amide bonds. The Bertz CT molecular complexity index is 4350. The SMILES string of the molecule is O=S(=O)([O-])c1cccc(N=Nc2c(O)ccc3cc(S(=O)(=O)[O-])ccc23)c1.O=S(=O)([O-])c1cccc(N=Nc2c(O)ccc3cc(S(=O)(=O)[O-])ccc23)c1.O=S(=O)([O-])c1cccc(N=Nc2c(O)ccc3cc(S(=O)(=O)[O-])ccc23)c1.[Al+3].[Al+3]. The van der Waals surface area contributed by atoms with Gasteiger partial charge in [-0.2, -0.15) is 15.3 Å². The molecule has 0 aliphatic carbocycles. The number of nitrogens with zero attached hydrogens (tertiary/aromatic N) is 6. The molecule has 9 rings (SSSR count). The van der Waals surface area contributed by atoms with Gasteiger partial charge in [0.15, 0.2) is 0 Å². The Morgan fingerprint density at radius 1 is 0.265 bits per heavy atom. The maximum atomic E-state index is 11.1. The van der Waals surface area contributed by atoms with E-state index in [1.165, 1.54) is 91.0 Å². The van der Waals surface area contributed by atoms with Crippen molar-refractivity contribution in [3.05, 3.63) is 164 Å². The Kier molecular flexibility index (Phi) is 20.7. The van der Waals surface area contributed by atoms with Crippen molar-refractivity contribution >= 4 is 162 Å². The van der Waals surface area contributed by atoms with Gasteiger partial charge >= 0.3 is 34.7 Å². The summed E-state index contributed by atoms with van der Waals surface area (Å²) in [5.74, 6) is -0.801. The quantitative estimate of drug-likeness (QED) is 0.0603. The molecule has 35 heteroatoms. The van der Waals surface area contributed by atoms with Crippen molar-refractivity contribution in [2.75, 3.05) is 0 Å². The molecule has 9 aromatic rings. The standard InChI is InChI=1S/3C16H12N2O7S2.2Al/c3*19-15-7-4-10-8-13(27(23,24)25)5-6-14(10)16(15)18-17-11-2-1-3-12(9-11)26(20,21)22;;/h3*1-9,19H,(H,20,21,22)(H,23,24,25);;/q;;;2*+3/p-6. The molecule has 0 radical (unpaired) electrons. The van der Waals surface area contributed by atoms with Crippen LogP contribution in [0.25, 0.3) is 32.3 Å². The summed E-state index contributed by atoms with van der Waals surface area (Å²) in [6, 6.07) is 33.1. The van der Waals surface area contributed by atoms with Gasteiger partial charge in [0.2, 0.25) is 0 Å². The molecule has 0 unspecified atom stereocenters. The van der Waals surface area contributed by atoms with Crippen molar-refractivity contribution in [2.45, 2.75) is 29.4 Å². The smallest absolute Gasteiger partial charge is 0.744 e. The second-order valence-corrected chi connectivity index (χ2v) is 24.5. The second kappa shape index (κ2) is 26.0. The van der Waals surface area contributed by atoms with E-state index in [0.717, 1.165) is 72.8 Å². The van der Waals surface area contributed by atoms with Crippen LogP contribution in [-0.4, -0.2) is 128 Å². The van der Waals surface area contributed by atoms with Crippen LogP contribution in [0.3, 0.4) is 0 Å². The zero-order valence-electron chi connectivity index (χ0n) is 41.1. The molecule has 0 aliphatic rings. The monoisotopic (exact) mass is 1270 g/mol. The molecule has 9 aromatic carbocycles. The van der Waals surface area contributed by atoms with Gasteiger partial charge in [0.25, 0.3) is 0 Å². The van der Waals surface area contributed by atoms with E-state index in [1.54, 1.807) is 0 Å². The third-order valence-corrected chi connectivity index (χ3v) is 15.8. The van der Waals surface area contributed by atoms with E-state index in [0.29, 0.717) is 32.3 Å². The Morgan fingerprint density at radius 3 is 0.699 bits per heavy atom. The van der Waals surface area contributed by atoms with Crippen LogP contribution in [0.1, 0.15) is 0 Å². The molecule has 0 fully saturated rings. The number of azo groups is 3. The Labute approximate surface area is 492 Å². The fraction of sp³-hybridized carbons (Fsp3) is 0. The first kappa shape index (κ1) is 66.3. The average molecular weight is 1270 g/mol. The molecule has 3 N–H and O–H groups in total. The molecule has 0 heterocycles. The molecule has 0 bridgehead atoms. The van der Waals surface area contributed by atoms with Crippen molar-refractivity contribution < 1.29 is 93.1 Å². The van der Waals surface area contributed by atoms with Crippen LogP contribution >= 0.6 is 0 Å². The minimum atomic E-state index is -4.66. The zero-order chi connectivity index (χ0) is 59.5. The van der Waals surface area contributed by atoms with Gasteiger partial charge < -0.3 is 42.6 Å². The molecule has 420 valence electrons. The van der Waals surface area contributed by atoms with Crippen LogP contribution in [0.15, 0.2) is 224 Å². The predicted octanol–water partition coefficient (Wildman–Crippen LogP) is 7.55. The third-order valence-electron chi connectivity index (χ3n) is 10.8. The maximum Gasteiger partial charge on any atom is 3.00 e. The van der Waals surface area contributed by atoms with Crippen LogP contribution in [0.5, 0.6) is 17.2 Å². The summed E-state index contributed by atoms with van der Waals surface area (Å²) in [7, 11) is -27.9. The van der Waals surface area contributed by atoms with Crippen LogP contribution < -0.4 is 0 Å². The van der Waals surface area contributed by atoms with Gasteiger partial charge in [-0.1, -0.05) is 54.6 Å². The van der Waals surface area contributed by atoms with Gasteiger partial charge in [-0.25, -0.2) is 50.5 Å². The zero-order valence-corrected chi connectivity index (χ0v) is 48.3. The van der Waals surface area contributed by atoms with E-state index < -0.39 is 90.1 Å². The van der Waals surface area contributed by atoms with Crippen LogP contribution in [-0.2, 0) is 60.7 Å². The molecule has 0 aromatic heterocycles. The number of aromatic hydroxyl groups is 3. The minimum Gasteiger partial charge on any atom is -0.744 e. The normalized spacial score (nSPS) is 12.4. The molecular formula is C48H30Al2N6O21S6. The number of rotatable bonds is 12. The number of phenolic OH excluding ortho intramolecular Hbond substituents is 3. The van der Waals surface area contributed by atoms with E-state index in [9.17, 15) is 93.1 Å². The number of hydrogen-bond donors (Lipinski definition) is 3. The van der Waals surface area contributed by atoms with E-state index >= 15 is 0 Å². The third kappa shape index (κ3) is 17.1. The van der Waals surface area contributed by atoms with E-state index in [1.807, 2.05) is 0 Å². The topological polar surface area (TPSA) is 478 Å². The predicted molar refractivity (Wildman–Crippen MR) is 288 cm³/mol. The Balaban J connectivity index is 0.000000225. The van der Waals surface area contributed by atoms with Crippen molar-refractivity contribution in [2.24, 2.45) is 30.7 Å². The summed E-state index contributed by atoms with van der Waals surface area (Å²) in [4.78, 5) is -2.74. The molecule has 0 saturated heterocycles. The Morgan fingerprint density at radius 2 is 0.482 bits per heavy atom. The first-order valence-corrected chi connectivity index (χ1v) is 30.2. The van der Waals surface area contributed by atoms with Gasteiger partial charge in [0, 0.05) is 16.2 Å². The molecule has 0 spiro atoms. The van der Waals surface area contributed by atoms with Crippen molar-refractivity contribution in [1.82, 2.24) is 0 Å².